The molecule has 0 unspecified atom stereocenters. The number of allylic oxidation sites excluding steroid dienone is 2. The standard InChI is InChI=1S/C26H34N6O2/c1-16(2)7-6-8-17(3)29-24-23(32-26(27-5)30-20-11-13-28-14-12-20)18(4)21-10-9-19(25(33)34)15-22(21)31-24/h6,8-10,15-16,20,28H,3-4,7,11-14H2,1-2,5H3,(H,27,30)(H,29,31)(H,33,34)/b8-6-,32-23?. The van der Waals surface area contributed by atoms with Crippen LogP contribution in [0.2, 0.25) is 0 Å². The molecule has 34 heavy (non-hydrogen) atoms. The number of aliphatic imine (C=N–C) groups is 3. The van der Waals surface area contributed by atoms with Crippen molar-refractivity contribution in [3.05, 3.63) is 60.3 Å². The van der Waals surface area contributed by atoms with Crippen LogP contribution in [0.15, 0.2) is 64.2 Å². The highest BCUT2D eigenvalue weighted by Crippen LogP contribution is 2.32. The first-order valence-corrected chi connectivity index (χ1v) is 11.6. The molecule has 0 spiro atoms. The van der Waals surface area contributed by atoms with Crippen molar-refractivity contribution in [2.75, 3.05) is 20.1 Å². The van der Waals surface area contributed by atoms with Gasteiger partial charge in [-0.1, -0.05) is 39.1 Å². The molecular weight excluding hydrogens is 428 g/mol. The topological polar surface area (TPSA) is 110 Å². The van der Waals surface area contributed by atoms with Crippen molar-refractivity contribution in [1.29, 1.82) is 0 Å². The predicted molar refractivity (Wildman–Crippen MR) is 140 cm³/mol. The van der Waals surface area contributed by atoms with E-state index in [9.17, 15) is 9.90 Å². The lowest BCUT2D eigenvalue weighted by Crippen LogP contribution is -2.43. The minimum Gasteiger partial charge on any atom is -0.478 e. The third-order valence-corrected chi connectivity index (χ3v) is 5.62. The van der Waals surface area contributed by atoms with E-state index in [1.807, 2.05) is 6.08 Å². The number of benzene rings is 1. The van der Waals surface area contributed by atoms with Crippen molar-refractivity contribution in [3.8, 4) is 0 Å². The number of carboxylic acids is 1. The smallest absolute Gasteiger partial charge is 0.335 e. The van der Waals surface area contributed by atoms with Gasteiger partial charge in [0.05, 0.1) is 11.3 Å². The van der Waals surface area contributed by atoms with Gasteiger partial charge in [0.15, 0.2) is 5.84 Å². The van der Waals surface area contributed by atoms with Gasteiger partial charge in [0, 0.05) is 29.9 Å². The van der Waals surface area contributed by atoms with Crippen LogP contribution >= 0.6 is 0 Å². The number of piperidine rings is 1. The van der Waals surface area contributed by atoms with Crippen LogP contribution in [0.5, 0.6) is 0 Å². The van der Waals surface area contributed by atoms with Crippen molar-refractivity contribution in [3.63, 3.8) is 0 Å². The van der Waals surface area contributed by atoms with E-state index in [2.05, 4.69) is 54.0 Å². The van der Waals surface area contributed by atoms with Crippen LogP contribution in [0.3, 0.4) is 0 Å². The van der Waals surface area contributed by atoms with Crippen molar-refractivity contribution < 1.29 is 9.90 Å². The molecule has 8 heteroatoms. The number of hydrogen-bond acceptors (Lipinski definition) is 5. The van der Waals surface area contributed by atoms with Crippen LogP contribution in [0.25, 0.3) is 5.57 Å². The second kappa shape index (κ2) is 11.6. The lowest BCUT2D eigenvalue weighted by atomic mass is 9.95. The number of carboxylic acid groups (broad SMARTS) is 1. The minimum absolute atomic E-state index is 0.161. The van der Waals surface area contributed by atoms with Gasteiger partial charge in [-0.25, -0.2) is 14.8 Å². The van der Waals surface area contributed by atoms with Crippen molar-refractivity contribution in [2.24, 2.45) is 20.9 Å². The first-order valence-electron chi connectivity index (χ1n) is 11.6. The summed E-state index contributed by atoms with van der Waals surface area (Å²) in [7, 11) is 1.70. The number of nitrogens with one attached hydrogen (secondary N) is 3. The van der Waals surface area contributed by atoms with Crippen LogP contribution in [0.4, 0.5) is 5.69 Å². The Balaban J connectivity index is 1.95. The molecule has 1 saturated heterocycles. The van der Waals surface area contributed by atoms with E-state index >= 15 is 0 Å². The molecule has 0 bridgehead atoms. The Morgan fingerprint density at radius 3 is 2.74 bits per heavy atom. The molecule has 0 saturated carbocycles. The first-order chi connectivity index (χ1) is 16.3. The molecule has 0 amide bonds. The number of nitrogens with zero attached hydrogens (tertiary/aromatic N) is 3. The van der Waals surface area contributed by atoms with Gasteiger partial charge in [-0.3, -0.25) is 4.99 Å². The maximum atomic E-state index is 11.5. The Bertz CT molecular complexity index is 1070. The molecule has 2 aliphatic heterocycles. The molecular formula is C26H34N6O2. The van der Waals surface area contributed by atoms with Crippen LogP contribution in [0.1, 0.15) is 49.0 Å². The number of carbonyl (C=O) groups is 1. The summed E-state index contributed by atoms with van der Waals surface area (Å²) in [6.07, 6.45) is 6.88. The molecule has 2 heterocycles. The van der Waals surface area contributed by atoms with E-state index in [4.69, 9.17) is 9.98 Å². The monoisotopic (exact) mass is 462 g/mol. The molecule has 1 aromatic carbocycles. The van der Waals surface area contributed by atoms with Gasteiger partial charge in [0.1, 0.15) is 5.71 Å². The van der Waals surface area contributed by atoms with Crippen molar-refractivity contribution in [1.82, 2.24) is 16.0 Å². The Hall–Kier alpha value is -3.52. The van der Waals surface area contributed by atoms with E-state index < -0.39 is 5.97 Å². The molecule has 1 fully saturated rings. The van der Waals surface area contributed by atoms with Crippen LogP contribution < -0.4 is 16.0 Å². The second-order valence-corrected chi connectivity index (χ2v) is 8.83. The van der Waals surface area contributed by atoms with Gasteiger partial charge >= 0.3 is 5.97 Å². The largest absolute Gasteiger partial charge is 0.478 e. The van der Waals surface area contributed by atoms with Gasteiger partial charge in [0.25, 0.3) is 0 Å². The summed E-state index contributed by atoms with van der Waals surface area (Å²) < 4.78 is 0. The molecule has 0 atom stereocenters. The zero-order chi connectivity index (χ0) is 24.7. The lowest BCUT2D eigenvalue weighted by molar-refractivity contribution is 0.0697. The normalized spacial score (nSPS) is 18.2. The van der Waals surface area contributed by atoms with E-state index in [1.54, 1.807) is 25.2 Å². The Morgan fingerprint density at radius 1 is 1.35 bits per heavy atom. The molecule has 8 nitrogen and oxygen atoms in total. The third kappa shape index (κ3) is 6.51. The summed E-state index contributed by atoms with van der Waals surface area (Å²) in [6.45, 7) is 14.5. The molecule has 180 valence electrons. The Labute approximate surface area is 201 Å². The summed E-state index contributed by atoms with van der Waals surface area (Å²) in [6, 6.07) is 5.10. The SMILES string of the molecule is C=C(/C=C\CC(C)C)NC1=Nc2cc(C(=O)O)ccc2C(=C)C1=NC(=NC)NC1CCNCC1. The molecule has 2 aliphatic rings. The van der Waals surface area contributed by atoms with E-state index in [0.29, 0.717) is 40.4 Å². The fourth-order valence-corrected chi connectivity index (χ4v) is 3.74. The van der Waals surface area contributed by atoms with Crippen molar-refractivity contribution in [2.45, 2.75) is 39.2 Å². The highest BCUT2D eigenvalue weighted by atomic mass is 16.4. The molecule has 0 aromatic heterocycles. The van der Waals surface area contributed by atoms with Crippen LogP contribution in [0, 0.1) is 5.92 Å². The summed E-state index contributed by atoms with van der Waals surface area (Å²) in [5, 5.41) is 19.4. The molecule has 0 aliphatic carbocycles. The fourth-order valence-electron chi connectivity index (χ4n) is 3.74. The Kier molecular flexibility index (Phi) is 8.54. The van der Waals surface area contributed by atoms with Crippen LogP contribution in [-0.4, -0.2) is 54.8 Å². The number of hydrogen-bond donors (Lipinski definition) is 4. The highest BCUT2D eigenvalue weighted by Gasteiger charge is 2.25. The fraction of sp³-hybridized carbons (Fsp3) is 0.385. The molecule has 0 radical (unpaired) electrons. The van der Waals surface area contributed by atoms with Gasteiger partial charge in [0.2, 0.25) is 5.96 Å². The zero-order valence-corrected chi connectivity index (χ0v) is 20.2. The highest BCUT2D eigenvalue weighted by molar-refractivity contribution is 6.60. The first kappa shape index (κ1) is 25.1. The summed E-state index contributed by atoms with van der Waals surface area (Å²) in [5.74, 6) is 0.487. The molecule has 1 aromatic rings. The van der Waals surface area contributed by atoms with E-state index in [0.717, 1.165) is 37.9 Å². The number of rotatable bonds is 6. The van der Waals surface area contributed by atoms with Gasteiger partial charge < -0.3 is 21.1 Å². The van der Waals surface area contributed by atoms with Crippen LogP contribution in [-0.2, 0) is 0 Å². The maximum absolute atomic E-state index is 11.5. The number of aromatic carboxylic acids is 1. The average molecular weight is 463 g/mol. The van der Waals surface area contributed by atoms with Gasteiger partial charge in [-0.2, -0.15) is 0 Å². The zero-order valence-electron chi connectivity index (χ0n) is 20.2. The third-order valence-electron chi connectivity index (χ3n) is 5.62. The van der Waals surface area contributed by atoms with Gasteiger partial charge in [-0.05, 0) is 56.5 Å². The minimum atomic E-state index is -1.01. The number of fused-ring (bicyclic) bond motifs is 1. The van der Waals surface area contributed by atoms with Gasteiger partial charge in [-0.15, -0.1) is 0 Å². The lowest BCUT2D eigenvalue weighted by Gasteiger charge is -2.25. The van der Waals surface area contributed by atoms with E-state index in [1.165, 1.54) is 0 Å². The van der Waals surface area contributed by atoms with E-state index in [-0.39, 0.29) is 11.6 Å². The summed E-state index contributed by atoms with van der Waals surface area (Å²) in [4.78, 5) is 25.3. The van der Waals surface area contributed by atoms with Crippen molar-refractivity contribution >= 4 is 34.7 Å². The quantitative estimate of drug-likeness (QED) is 0.291. The average Bonchev–Trinajstić information content (AvgIpc) is 2.80. The summed E-state index contributed by atoms with van der Waals surface area (Å²) >= 11 is 0. The second-order valence-electron chi connectivity index (χ2n) is 8.83. The predicted octanol–water partition coefficient (Wildman–Crippen LogP) is 3.92. The Morgan fingerprint density at radius 2 is 2.09 bits per heavy atom. The molecule has 3 rings (SSSR count). The maximum Gasteiger partial charge on any atom is 0.335 e. The number of guanidine groups is 1. The number of amidine groups is 1. The molecule has 4 N–H and O–H groups in total. The summed E-state index contributed by atoms with van der Waals surface area (Å²) in [5.41, 5.74) is 3.24.